The van der Waals surface area contributed by atoms with Crippen LogP contribution in [0.5, 0.6) is 5.75 Å². The summed E-state index contributed by atoms with van der Waals surface area (Å²) in [6, 6.07) is 7.74. The Morgan fingerprint density at radius 1 is 1.24 bits per heavy atom. The Morgan fingerprint density at radius 2 is 1.88 bits per heavy atom. The molecule has 0 fully saturated rings. The fraction of sp³-hybridized carbons (Fsp3) is 0.571. The second kappa shape index (κ2) is 7.30. The summed E-state index contributed by atoms with van der Waals surface area (Å²) in [5.74, 6) is 0.848. The van der Waals surface area contributed by atoms with Gasteiger partial charge in [0.25, 0.3) is 0 Å². The van der Waals surface area contributed by atoms with Gasteiger partial charge in [-0.3, -0.25) is 0 Å². The lowest BCUT2D eigenvalue weighted by Gasteiger charge is -2.21. The van der Waals surface area contributed by atoms with Crippen molar-refractivity contribution in [1.29, 1.82) is 0 Å². The molecule has 0 saturated carbocycles. The quantitative estimate of drug-likeness (QED) is 0.742. The van der Waals surface area contributed by atoms with Gasteiger partial charge in [-0.15, -0.1) is 0 Å². The number of ether oxygens (including phenoxy) is 2. The topological polar surface area (TPSA) is 44.5 Å². The average Bonchev–Trinajstić information content (AvgIpc) is 2.38. The van der Waals surface area contributed by atoms with Crippen LogP contribution in [-0.4, -0.2) is 19.8 Å². The molecule has 1 aromatic carbocycles. The average molecular weight is 237 g/mol. The number of rotatable bonds is 7. The van der Waals surface area contributed by atoms with Crippen LogP contribution in [-0.2, 0) is 4.74 Å². The number of methoxy groups -OCH3 is 1. The molecule has 2 unspecified atom stereocenters. The van der Waals surface area contributed by atoms with Crippen LogP contribution in [0.15, 0.2) is 24.3 Å². The zero-order chi connectivity index (χ0) is 12.7. The van der Waals surface area contributed by atoms with Crippen LogP contribution < -0.4 is 10.5 Å². The van der Waals surface area contributed by atoms with Crippen molar-refractivity contribution in [3.05, 3.63) is 29.8 Å². The molecule has 1 aromatic rings. The number of hydrogen-bond donors (Lipinski definition) is 1. The van der Waals surface area contributed by atoms with E-state index in [1.165, 1.54) is 0 Å². The Labute approximate surface area is 104 Å². The second-order valence-electron chi connectivity index (χ2n) is 4.23. The monoisotopic (exact) mass is 237 g/mol. The lowest BCUT2D eigenvalue weighted by atomic mass is 10.0. The standard InChI is InChI=1S/C14H23NO2/c1-4-5-10-17-11(2)14(15)12-6-8-13(16-3)9-7-12/h6-9,11,14H,4-5,10,15H2,1-3H3. The normalized spacial score (nSPS) is 14.4. The highest BCUT2D eigenvalue weighted by Gasteiger charge is 2.15. The molecule has 0 saturated heterocycles. The predicted molar refractivity (Wildman–Crippen MR) is 70.2 cm³/mol. The molecule has 1 rings (SSSR count). The zero-order valence-corrected chi connectivity index (χ0v) is 11.0. The highest BCUT2D eigenvalue weighted by molar-refractivity contribution is 5.29. The third kappa shape index (κ3) is 4.36. The number of benzene rings is 1. The van der Waals surface area contributed by atoms with Crippen LogP contribution in [0.2, 0.25) is 0 Å². The maximum absolute atomic E-state index is 6.15. The number of hydrogen-bond acceptors (Lipinski definition) is 3. The predicted octanol–water partition coefficient (Wildman–Crippen LogP) is 2.90. The van der Waals surface area contributed by atoms with E-state index in [1.54, 1.807) is 7.11 Å². The van der Waals surface area contributed by atoms with Gasteiger partial charge in [-0.1, -0.05) is 25.5 Å². The minimum atomic E-state index is -0.0854. The molecule has 0 spiro atoms. The van der Waals surface area contributed by atoms with Gasteiger partial charge in [0.05, 0.1) is 19.3 Å². The molecule has 2 N–H and O–H groups in total. The van der Waals surface area contributed by atoms with Crippen molar-refractivity contribution in [2.24, 2.45) is 5.73 Å². The van der Waals surface area contributed by atoms with Crippen molar-refractivity contribution in [2.45, 2.75) is 38.8 Å². The first kappa shape index (κ1) is 14.0. The van der Waals surface area contributed by atoms with E-state index in [1.807, 2.05) is 31.2 Å². The maximum atomic E-state index is 6.15. The van der Waals surface area contributed by atoms with Crippen molar-refractivity contribution < 1.29 is 9.47 Å². The summed E-state index contributed by atoms with van der Waals surface area (Å²) < 4.78 is 10.8. The van der Waals surface area contributed by atoms with Crippen LogP contribution in [0.3, 0.4) is 0 Å². The number of unbranched alkanes of at least 4 members (excludes halogenated alkanes) is 1. The summed E-state index contributed by atoms with van der Waals surface area (Å²) in [5, 5.41) is 0. The fourth-order valence-electron chi connectivity index (χ4n) is 1.61. The first-order valence-electron chi connectivity index (χ1n) is 6.20. The van der Waals surface area contributed by atoms with Crippen molar-refractivity contribution in [3.8, 4) is 5.75 Å². The van der Waals surface area contributed by atoms with E-state index in [0.717, 1.165) is 30.8 Å². The summed E-state index contributed by atoms with van der Waals surface area (Å²) in [5.41, 5.74) is 7.22. The highest BCUT2D eigenvalue weighted by Crippen LogP contribution is 2.20. The van der Waals surface area contributed by atoms with E-state index in [4.69, 9.17) is 15.2 Å². The van der Waals surface area contributed by atoms with Gasteiger partial charge in [-0.2, -0.15) is 0 Å². The Morgan fingerprint density at radius 3 is 2.41 bits per heavy atom. The molecule has 0 aromatic heterocycles. The number of nitrogens with two attached hydrogens (primary N) is 1. The van der Waals surface area contributed by atoms with Crippen molar-refractivity contribution in [3.63, 3.8) is 0 Å². The molecule has 2 atom stereocenters. The van der Waals surface area contributed by atoms with E-state index < -0.39 is 0 Å². The minimum Gasteiger partial charge on any atom is -0.497 e. The van der Waals surface area contributed by atoms with Gasteiger partial charge < -0.3 is 15.2 Å². The Kier molecular flexibility index (Phi) is 6.01. The van der Waals surface area contributed by atoms with Crippen molar-refractivity contribution in [2.75, 3.05) is 13.7 Å². The van der Waals surface area contributed by atoms with Crippen LogP contribution in [0.25, 0.3) is 0 Å². The zero-order valence-electron chi connectivity index (χ0n) is 11.0. The molecule has 96 valence electrons. The van der Waals surface area contributed by atoms with Crippen molar-refractivity contribution in [1.82, 2.24) is 0 Å². The van der Waals surface area contributed by atoms with Gasteiger partial charge in [0.15, 0.2) is 0 Å². The molecule has 0 amide bonds. The molecular weight excluding hydrogens is 214 g/mol. The van der Waals surface area contributed by atoms with Gasteiger partial charge in [-0.05, 0) is 31.0 Å². The third-order valence-corrected chi connectivity index (χ3v) is 2.89. The Bertz CT molecular complexity index is 311. The van der Waals surface area contributed by atoms with E-state index in [0.29, 0.717) is 0 Å². The van der Waals surface area contributed by atoms with Crippen molar-refractivity contribution >= 4 is 0 Å². The Balaban J connectivity index is 2.52. The second-order valence-corrected chi connectivity index (χ2v) is 4.23. The summed E-state index contributed by atoms with van der Waals surface area (Å²) in [6.07, 6.45) is 2.26. The summed E-state index contributed by atoms with van der Waals surface area (Å²) in [7, 11) is 1.66. The van der Waals surface area contributed by atoms with Crippen LogP contribution >= 0.6 is 0 Å². The molecule has 0 aliphatic heterocycles. The molecule has 17 heavy (non-hydrogen) atoms. The SMILES string of the molecule is CCCCOC(C)C(N)c1ccc(OC)cc1. The minimum absolute atomic E-state index is 0.0370. The van der Waals surface area contributed by atoms with Crippen LogP contribution in [0.4, 0.5) is 0 Å². The summed E-state index contributed by atoms with van der Waals surface area (Å²) in [4.78, 5) is 0. The highest BCUT2D eigenvalue weighted by atomic mass is 16.5. The molecule has 3 nitrogen and oxygen atoms in total. The van der Waals surface area contributed by atoms with Gasteiger partial charge in [0, 0.05) is 6.61 Å². The van der Waals surface area contributed by atoms with Gasteiger partial charge in [0.1, 0.15) is 5.75 Å². The molecule has 0 radical (unpaired) electrons. The summed E-state index contributed by atoms with van der Waals surface area (Å²) in [6.45, 7) is 4.95. The summed E-state index contributed by atoms with van der Waals surface area (Å²) >= 11 is 0. The molecular formula is C14H23NO2. The van der Waals surface area contributed by atoms with E-state index in [-0.39, 0.29) is 12.1 Å². The first-order valence-corrected chi connectivity index (χ1v) is 6.20. The van der Waals surface area contributed by atoms with Crippen LogP contribution in [0.1, 0.15) is 38.3 Å². The largest absolute Gasteiger partial charge is 0.497 e. The van der Waals surface area contributed by atoms with E-state index in [9.17, 15) is 0 Å². The third-order valence-electron chi connectivity index (χ3n) is 2.89. The molecule has 0 aliphatic carbocycles. The fourth-order valence-corrected chi connectivity index (χ4v) is 1.61. The van der Waals surface area contributed by atoms with E-state index in [2.05, 4.69) is 6.92 Å². The molecule has 3 heteroatoms. The smallest absolute Gasteiger partial charge is 0.118 e. The first-order chi connectivity index (χ1) is 8.19. The lowest BCUT2D eigenvalue weighted by Crippen LogP contribution is -2.26. The van der Waals surface area contributed by atoms with Crippen LogP contribution in [0, 0.1) is 0 Å². The maximum Gasteiger partial charge on any atom is 0.118 e. The molecule has 0 bridgehead atoms. The van der Waals surface area contributed by atoms with E-state index >= 15 is 0 Å². The van der Waals surface area contributed by atoms with Gasteiger partial charge in [0.2, 0.25) is 0 Å². The van der Waals surface area contributed by atoms with Gasteiger partial charge in [-0.25, -0.2) is 0 Å². The molecule has 0 aliphatic rings. The molecule has 0 heterocycles. The lowest BCUT2D eigenvalue weighted by molar-refractivity contribution is 0.0462. The van der Waals surface area contributed by atoms with Gasteiger partial charge >= 0.3 is 0 Å². The Hall–Kier alpha value is -1.06.